The van der Waals surface area contributed by atoms with Gasteiger partial charge >= 0.3 is 0 Å². The molecule has 0 atom stereocenters. The second-order valence-corrected chi connectivity index (χ2v) is 12.1. The molecular formula is C50H38. The van der Waals surface area contributed by atoms with Gasteiger partial charge in [0.15, 0.2) is 0 Å². The van der Waals surface area contributed by atoms with Crippen molar-refractivity contribution >= 4 is 34.4 Å². The Hall–Kier alpha value is -6.50. The third-order valence-electron chi connectivity index (χ3n) is 8.73. The number of rotatable bonds is 10. The van der Waals surface area contributed by atoms with Gasteiger partial charge < -0.3 is 0 Å². The average molecular weight is 639 g/mol. The van der Waals surface area contributed by atoms with Crippen molar-refractivity contribution in [2.75, 3.05) is 0 Å². The van der Waals surface area contributed by atoms with Gasteiger partial charge in [-0.1, -0.05) is 206 Å². The van der Waals surface area contributed by atoms with Gasteiger partial charge in [0, 0.05) is 0 Å². The average Bonchev–Trinajstić information content (AvgIpc) is 3.20. The van der Waals surface area contributed by atoms with Gasteiger partial charge in [-0.3, -0.25) is 0 Å². The van der Waals surface area contributed by atoms with E-state index in [0.717, 1.165) is 55.7 Å². The number of hydrogen-bond acceptors (Lipinski definition) is 0. The molecule has 7 rings (SSSR count). The first kappa shape index (κ1) is 32.1. The zero-order valence-electron chi connectivity index (χ0n) is 27.9. The predicted octanol–water partition coefficient (Wildman–Crippen LogP) is 13.0. The lowest BCUT2D eigenvalue weighted by Gasteiger charge is -2.19. The van der Waals surface area contributed by atoms with Gasteiger partial charge in [0.25, 0.3) is 0 Å². The Morgan fingerprint density at radius 1 is 0.260 bits per heavy atom. The molecule has 238 valence electrons. The van der Waals surface area contributed by atoms with Crippen LogP contribution in [-0.2, 0) is 0 Å². The normalized spacial score (nSPS) is 12.5. The molecule has 0 saturated heterocycles. The highest BCUT2D eigenvalue weighted by Crippen LogP contribution is 2.37. The SMILES string of the molecule is C(=C(C=C(c1ccccc1)c1ccccc1C(=CC(=Cc1ccccc1)c1ccccc1)c1ccccc1)c1ccccc1)c1ccccc1. The summed E-state index contributed by atoms with van der Waals surface area (Å²) in [6.07, 6.45) is 9.28. The Balaban J connectivity index is 1.49. The minimum absolute atomic E-state index is 1.14. The summed E-state index contributed by atoms with van der Waals surface area (Å²) in [5, 5.41) is 0. The summed E-state index contributed by atoms with van der Waals surface area (Å²) in [7, 11) is 0. The maximum absolute atomic E-state index is 2.36. The molecule has 0 spiro atoms. The molecule has 0 nitrogen and oxygen atoms in total. The van der Waals surface area contributed by atoms with Crippen LogP contribution in [0.5, 0.6) is 0 Å². The van der Waals surface area contributed by atoms with Crippen molar-refractivity contribution in [1.82, 2.24) is 0 Å². The van der Waals surface area contributed by atoms with Crippen LogP contribution in [-0.4, -0.2) is 0 Å². The van der Waals surface area contributed by atoms with Gasteiger partial charge in [0.1, 0.15) is 0 Å². The molecule has 0 aliphatic carbocycles. The van der Waals surface area contributed by atoms with Crippen LogP contribution in [0.2, 0.25) is 0 Å². The molecule has 0 fully saturated rings. The third-order valence-corrected chi connectivity index (χ3v) is 8.73. The molecule has 0 unspecified atom stereocenters. The van der Waals surface area contributed by atoms with Crippen molar-refractivity contribution in [2.45, 2.75) is 0 Å². The van der Waals surface area contributed by atoms with Crippen LogP contribution in [0, 0.1) is 0 Å². The van der Waals surface area contributed by atoms with Crippen molar-refractivity contribution in [2.24, 2.45) is 0 Å². The Kier molecular flexibility index (Phi) is 10.3. The first-order valence-electron chi connectivity index (χ1n) is 17.1. The van der Waals surface area contributed by atoms with Crippen molar-refractivity contribution < 1.29 is 0 Å². The van der Waals surface area contributed by atoms with Crippen LogP contribution in [0.1, 0.15) is 44.5 Å². The van der Waals surface area contributed by atoms with Gasteiger partial charge in [-0.15, -0.1) is 0 Å². The number of allylic oxidation sites excluding steroid dienone is 4. The molecule has 7 aromatic rings. The van der Waals surface area contributed by atoms with Gasteiger partial charge in [-0.05, 0) is 91.1 Å². The van der Waals surface area contributed by atoms with Gasteiger partial charge in [-0.25, -0.2) is 0 Å². The fraction of sp³-hybridized carbons (Fsp3) is 0. The molecule has 0 aromatic heterocycles. The maximum atomic E-state index is 2.36. The topological polar surface area (TPSA) is 0 Å². The number of benzene rings is 7. The summed E-state index contributed by atoms with van der Waals surface area (Å²) in [4.78, 5) is 0. The smallest absolute Gasteiger partial charge is 0.00990 e. The number of hydrogen-bond donors (Lipinski definition) is 0. The molecule has 0 amide bonds. The Morgan fingerprint density at radius 2 is 0.520 bits per heavy atom. The molecule has 0 aliphatic heterocycles. The Bertz CT molecular complexity index is 2080. The van der Waals surface area contributed by atoms with Gasteiger partial charge in [0.2, 0.25) is 0 Å². The molecule has 7 aromatic carbocycles. The highest BCUT2D eigenvalue weighted by molar-refractivity contribution is 6.02. The summed E-state index contributed by atoms with van der Waals surface area (Å²) in [6, 6.07) is 72.8. The lowest BCUT2D eigenvalue weighted by atomic mass is 9.85. The van der Waals surface area contributed by atoms with E-state index in [1.165, 1.54) is 11.1 Å². The maximum Gasteiger partial charge on any atom is -0.00990 e. The van der Waals surface area contributed by atoms with Crippen molar-refractivity contribution in [1.29, 1.82) is 0 Å². The zero-order chi connectivity index (χ0) is 33.8. The minimum Gasteiger partial charge on any atom is -0.0622 e. The van der Waals surface area contributed by atoms with E-state index in [2.05, 4.69) is 231 Å². The monoisotopic (exact) mass is 638 g/mol. The summed E-state index contributed by atoms with van der Waals surface area (Å²) in [5.74, 6) is 0. The highest BCUT2D eigenvalue weighted by Gasteiger charge is 2.17. The Labute approximate surface area is 296 Å². The van der Waals surface area contributed by atoms with Crippen LogP contribution in [0.25, 0.3) is 34.4 Å². The van der Waals surface area contributed by atoms with Crippen LogP contribution >= 0.6 is 0 Å². The van der Waals surface area contributed by atoms with Crippen LogP contribution in [0.3, 0.4) is 0 Å². The molecule has 0 aliphatic rings. The first-order chi connectivity index (χ1) is 24.8. The molecule has 50 heavy (non-hydrogen) atoms. The van der Waals surface area contributed by atoms with E-state index in [1.54, 1.807) is 0 Å². The van der Waals surface area contributed by atoms with Gasteiger partial charge in [0.05, 0.1) is 0 Å². The first-order valence-corrected chi connectivity index (χ1v) is 17.1. The van der Waals surface area contributed by atoms with E-state index < -0.39 is 0 Å². The fourth-order valence-corrected chi connectivity index (χ4v) is 6.27. The van der Waals surface area contributed by atoms with Crippen LogP contribution in [0.15, 0.2) is 218 Å². The Morgan fingerprint density at radius 3 is 0.840 bits per heavy atom. The molecule has 0 bridgehead atoms. The van der Waals surface area contributed by atoms with Crippen LogP contribution < -0.4 is 0 Å². The van der Waals surface area contributed by atoms with Crippen molar-refractivity contribution in [3.8, 4) is 0 Å². The highest BCUT2D eigenvalue weighted by atomic mass is 14.2. The molecular weight excluding hydrogens is 601 g/mol. The summed E-state index contributed by atoms with van der Waals surface area (Å²) in [6.45, 7) is 0. The van der Waals surface area contributed by atoms with Crippen molar-refractivity contribution in [3.05, 3.63) is 263 Å². The predicted molar refractivity (Wildman–Crippen MR) is 215 cm³/mol. The molecule has 0 heteroatoms. The third kappa shape index (κ3) is 7.96. The lowest BCUT2D eigenvalue weighted by molar-refractivity contribution is 1.48. The summed E-state index contributed by atoms with van der Waals surface area (Å²) in [5.41, 5.74) is 13.9. The van der Waals surface area contributed by atoms with E-state index in [4.69, 9.17) is 0 Å². The standard InChI is InChI=1S/C50H38/c1-7-21-39(22-8-1)35-45(41-25-11-3-12-26-41)37-49(43-29-15-5-16-30-43)47-33-19-20-34-48(47)50(44-31-17-6-18-32-44)38-46(42-27-13-4-14-28-42)36-40-23-9-2-10-24-40/h1-38H. The van der Waals surface area contributed by atoms with Crippen LogP contribution in [0.4, 0.5) is 0 Å². The van der Waals surface area contributed by atoms with Gasteiger partial charge in [-0.2, -0.15) is 0 Å². The van der Waals surface area contributed by atoms with E-state index in [-0.39, 0.29) is 0 Å². The molecule has 0 radical (unpaired) electrons. The molecule has 0 heterocycles. The van der Waals surface area contributed by atoms with E-state index in [1.807, 2.05) is 0 Å². The van der Waals surface area contributed by atoms with Crippen molar-refractivity contribution in [3.63, 3.8) is 0 Å². The molecule has 0 N–H and O–H groups in total. The summed E-state index contributed by atoms with van der Waals surface area (Å²) >= 11 is 0. The fourth-order valence-electron chi connectivity index (χ4n) is 6.27. The second kappa shape index (κ2) is 16.1. The van der Waals surface area contributed by atoms with E-state index >= 15 is 0 Å². The quantitative estimate of drug-likeness (QED) is 0.103. The lowest BCUT2D eigenvalue weighted by Crippen LogP contribution is -1.98. The minimum atomic E-state index is 1.14. The van der Waals surface area contributed by atoms with E-state index in [9.17, 15) is 0 Å². The van der Waals surface area contributed by atoms with E-state index in [0.29, 0.717) is 0 Å². The summed E-state index contributed by atoms with van der Waals surface area (Å²) < 4.78 is 0. The second-order valence-electron chi connectivity index (χ2n) is 12.1. The largest absolute Gasteiger partial charge is 0.0622 e. The molecule has 0 saturated carbocycles. The zero-order valence-corrected chi connectivity index (χ0v) is 27.9.